The quantitative estimate of drug-likeness (QED) is 0.764. The largest absolute Gasteiger partial charge is 0.444 e. The topological polar surface area (TPSA) is 29.5 Å². The highest BCUT2D eigenvalue weighted by molar-refractivity contribution is 5.70. The molecule has 122 valence electrons. The summed E-state index contributed by atoms with van der Waals surface area (Å²) in [4.78, 5) is 14.7. The van der Waals surface area contributed by atoms with Gasteiger partial charge in [-0.25, -0.2) is 4.79 Å². The third-order valence-electron chi connectivity index (χ3n) is 7.58. The highest BCUT2D eigenvalue weighted by Gasteiger charge is 2.53. The van der Waals surface area contributed by atoms with Crippen LogP contribution in [0.1, 0.15) is 64.2 Å². The standard InChI is InChI=1S/C19H29NO2/c21-19-20(11-17(22-19)14-4-2-1-3-5-14)18-15-7-12-6-13(9-15)10-16(18)8-12/h12-18H,1-11H2. The summed E-state index contributed by atoms with van der Waals surface area (Å²) in [6, 6.07) is 0.522. The van der Waals surface area contributed by atoms with E-state index in [1.807, 2.05) is 0 Å². The maximum atomic E-state index is 12.6. The Morgan fingerprint density at radius 3 is 2.09 bits per heavy atom. The van der Waals surface area contributed by atoms with Crippen LogP contribution in [0.25, 0.3) is 0 Å². The highest BCUT2D eigenvalue weighted by atomic mass is 16.6. The summed E-state index contributed by atoms with van der Waals surface area (Å²) in [5.74, 6) is 4.17. The van der Waals surface area contributed by atoms with Crippen molar-refractivity contribution in [1.29, 1.82) is 0 Å². The van der Waals surface area contributed by atoms with Crippen LogP contribution in [0, 0.1) is 29.6 Å². The normalized spacial score (nSPS) is 48.0. The molecular formula is C19H29NO2. The van der Waals surface area contributed by atoms with Crippen LogP contribution in [-0.4, -0.2) is 29.7 Å². The number of carbonyl (C=O) groups is 1. The summed E-state index contributed by atoms with van der Waals surface area (Å²) in [6.45, 7) is 0.899. The van der Waals surface area contributed by atoms with E-state index in [-0.39, 0.29) is 12.2 Å². The molecule has 5 aliphatic carbocycles. The first-order chi connectivity index (χ1) is 10.8. The van der Waals surface area contributed by atoms with Gasteiger partial charge in [-0.05, 0) is 74.5 Å². The van der Waals surface area contributed by atoms with Crippen molar-refractivity contribution in [3.8, 4) is 0 Å². The van der Waals surface area contributed by atoms with E-state index in [1.54, 1.807) is 0 Å². The lowest BCUT2D eigenvalue weighted by Crippen LogP contribution is -2.56. The van der Waals surface area contributed by atoms with Crippen molar-refractivity contribution in [1.82, 2.24) is 4.90 Å². The Bertz CT molecular complexity index is 428. The second kappa shape index (κ2) is 5.14. The molecule has 3 heteroatoms. The molecule has 1 amide bonds. The van der Waals surface area contributed by atoms with E-state index >= 15 is 0 Å². The summed E-state index contributed by atoms with van der Waals surface area (Å²) in [7, 11) is 0. The zero-order valence-corrected chi connectivity index (χ0v) is 13.6. The molecule has 1 unspecified atom stereocenters. The van der Waals surface area contributed by atoms with Gasteiger partial charge in [-0.15, -0.1) is 0 Å². The van der Waals surface area contributed by atoms with Gasteiger partial charge in [-0.2, -0.15) is 0 Å². The average Bonchev–Trinajstić information content (AvgIpc) is 2.89. The fraction of sp³-hybridized carbons (Fsp3) is 0.947. The predicted molar refractivity (Wildman–Crippen MR) is 84.4 cm³/mol. The van der Waals surface area contributed by atoms with Gasteiger partial charge in [0.25, 0.3) is 0 Å². The molecule has 0 spiro atoms. The van der Waals surface area contributed by atoms with Crippen LogP contribution in [0.3, 0.4) is 0 Å². The van der Waals surface area contributed by atoms with Gasteiger partial charge >= 0.3 is 6.09 Å². The van der Waals surface area contributed by atoms with Gasteiger partial charge in [0.2, 0.25) is 0 Å². The van der Waals surface area contributed by atoms with E-state index in [9.17, 15) is 4.79 Å². The monoisotopic (exact) mass is 303 g/mol. The lowest BCUT2D eigenvalue weighted by Gasteiger charge is -2.56. The number of cyclic esters (lactones) is 1. The van der Waals surface area contributed by atoms with Crippen molar-refractivity contribution in [2.75, 3.05) is 6.54 Å². The molecule has 22 heavy (non-hydrogen) atoms. The molecule has 0 aromatic heterocycles. The minimum absolute atomic E-state index is 0.0213. The van der Waals surface area contributed by atoms with Crippen LogP contribution < -0.4 is 0 Å². The fourth-order valence-electron chi connectivity index (χ4n) is 6.90. The second-order valence-electron chi connectivity index (χ2n) is 8.89. The van der Waals surface area contributed by atoms with Gasteiger partial charge in [-0.3, -0.25) is 0 Å². The SMILES string of the molecule is O=C1OC(C2CCCCC2)CN1C1C2CC3CC(C2)CC1C3. The molecule has 3 nitrogen and oxygen atoms in total. The van der Waals surface area contributed by atoms with E-state index in [2.05, 4.69) is 4.90 Å². The molecule has 0 aromatic rings. The smallest absolute Gasteiger partial charge is 0.410 e. The van der Waals surface area contributed by atoms with Gasteiger partial charge < -0.3 is 9.64 Å². The van der Waals surface area contributed by atoms with Gasteiger partial charge in [0.05, 0.1) is 6.54 Å². The van der Waals surface area contributed by atoms with Crippen LogP contribution in [0.5, 0.6) is 0 Å². The second-order valence-corrected chi connectivity index (χ2v) is 8.89. The first-order valence-corrected chi connectivity index (χ1v) is 9.75. The number of ether oxygens (including phenoxy) is 1. The number of amides is 1. The van der Waals surface area contributed by atoms with Crippen molar-refractivity contribution in [2.45, 2.75) is 76.4 Å². The number of carbonyl (C=O) groups excluding carboxylic acids is 1. The molecule has 6 aliphatic rings. The lowest BCUT2D eigenvalue weighted by atomic mass is 9.54. The summed E-state index contributed by atoms with van der Waals surface area (Å²) in [5.41, 5.74) is 0. The molecule has 1 saturated heterocycles. The first-order valence-electron chi connectivity index (χ1n) is 9.75. The van der Waals surface area contributed by atoms with Crippen LogP contribution in [0.2, 0.25) is 0 Å². The third kappa shape index (κ3) is 2.11. The number of rotatable bonds is 2. The summed E-state index contributed by atoms with van der Waals surface area (Å²) >= 11 is 0. The molecule has 6 fully saturated rings. The molecule has 0 radical (unpaired) electrons. The van der Waals surface area contributed by atoms with Crippen LogP contribution >= 0.6 is 0 Å². The van der Waals surface area contributed by atoms with E-state index in [0.29, 0.717) is 12.0 Å². The van der Waals surface area contributed by atoms with Gasteiger partial charge in [0, 0.05) is 6.04 Å². The van der Waals surface area contributed by atoms with Gasteiger partial charge in [0.1, 0.15) is 6.10 Å². The summed E-state index contributed by atoms with van der Waals surface area (Å²) < 4.78 is 5.86. The third-order valence-corrected chi connectivity index (χ3v) is 7.58. The van der Waals surface area contributed by atoms with Crippen molar-refractivity contribution in [3.05, 3.63) is 0 Å². The maximum absolute atomic E-state index is 12.6. The van der Waals surface area contributed by atoms with E-state index in [0.717, 1.165) is 30.2 Å². The van der Waals surface area contributed by atoms with Gasteiger partial charge in [0.15, 0.2) is 0 Å². The van der Waals surface area contributed by atoms with Crippen molar-refractivity contribution in [2.24, 2.45) is 29.6 Å². The summed E-state index contributed by atoms with van der Waals surface area (Å²) in [5, 5.41) is 0. The number of hydrogen-bond acceptors (Lipinski definition) is 2. The van der Waals surface area contributed by atoms with E-state index in [1.165, 1.54) is 64.2 Å². The molecular weight excluding hydrogens is 274 g/mol. The Balaban J connectivity index is 1.32. The molecule has 6 rings (SSSR count). The van der Waals surface area contributed by atoms with Crippen LogP contribution in [0.4, 0.5) is 4.79 Å². The van der Waals surface area contributed by atoms with Crippen molar-refractivity contribution >= 4 is 6.09 Å². The molecule has 5 saturated carbocycles. The lowest BCUT2D eigenvalue weighted by molar-refractivity contribution is -0.0482. The summed E-state index contributed by atoms with van der Waals surface area (Å²) in [6.07, 6.45) is 13.8. The minimum Gasteiger partial charge on any atom is -0.444 e. The minimum atomic E-state index is 0.0213. The molecule has 4 bridgehead atoms. The molecule has 1 aliphatic heterocycles. The predicted octanol–water partition coefficient (Wildman–Crippen LogP) is 4.21. The Labute approximate surface area is 133 Å². The van der Waals surface area contributed by atoms with Crippen molar-refractivity contribution in [3.63, 3.8) is 0 Å². The van der Waals surface area contributed by atoms with Crippen LogP contribution in [0.15, 0.2) is 0 Å². The molecule has 1 heterocycles. The number of hydrogen-bond donors (Lipinski definition) is 0. The van der Waals surface area contributed by atoms with Gasteiger partial charge in [-0.1, -0.05) is 19.3 Å². The Kier molecular flexibility index (Phi) is 3.20. The number of nitrogens with zero attached hydrogens (tertiary/aromatic N) is 1. The Morgan fingerprint density at radius 1 is 0.818 bits per heavy atom. The van der Waals surface area contributed by atoms with Crippen LogP contribution in [-0.2, 0) is 4.74 Å². The molecule has 0 N–H and O–H groups in total. The molecule has 1 atom stereocenters. The first kappa shape index (κ1) is 13.7. The van der Waals surface area contributed by atoms with E-state index in [4.69, 9.17) is 4.74 Å². The fourth-order valence-corrected chi connectivity index (χ4v) is 6.90. The maximum Gasteiger partial charge on any atom is 0.410 e. The zero-order chi connectivity index (χ0) is 14.7. The highest BCUT2D eigenvalue weighted by Crippen LogP contribution is 2.55. The Hall–Kier alpha value is -0.730. The average molecular weight is 303 g/mol. The Morgan fingerprint density at radius 2 is 1.45 bits per heavy atom. The van der Waals surface area contributed by atoms with E-state index < -0.39 is 0 Å². The zero-order valence-electron chi connectivity index (χ0n) is 13.6. The molecule has 0 aromatic carbocycles. The van der Waals surface area contributed by atoms with Crippen molar-refractivity contribution < 1.29 is 9.53 Å².